The first-order valence-corrected chi connectivity index (χ1v) is 9.01. The van der Waals surface area contributed by atoms with Gasteiger partial charge in [-0.05, 0) is 75.2 Å². The van der Waals surface area contributed by atoms with E-state index in [0.717, 1.165) is 55.5 Å². The number of aryl methyl sites for hydroxylation is 3. The van der Waals surface area contributed by atoms with E-state index < -0.39 is 0 Å². The van der Waals surface area contributed by atoms with E-state index in [1.54, 1.807) is 12.1 Å². The molecule has 0 atom stereocenters. The van der Waals surface area contributed by atoms with Gasteiger partial charge in [-0.15, -0.1) is 24.8 Å². The summed E-state index contributed by atoms with van der Waals surface area (Å²) in [5.41, 5.74) is 6.12. The molecule has 0 aliphatic carbocycles. The molecule has 6 heteroatoms. The molecule has 0 saturated heterocycles. The third-order valence-electron chi connectivity index (χ3n) is 5.23. The number of halogens is 3. The lowest BCUT2D eigenvalue weighted by Crippen LogP contribution is -2.17. The number of rotatable bonds is 3. The molecule has 3 heterocycles. The molecular weight excluding hydrogens is 384 g/mol. The zero-order chi connectivity index (χ0) is 17.4. The highest BCUT2D eigenvalue weighted by atomic mass is 35.5. The van der Waals surface area contributed by atoms with Gasteiger partial charge in [-0.2, -0.15) is 0 Å². The standard InChI is InChI=1S/C21H24FN3.2ClH/c1-15-5-6-16(13-23-15)9-11-25-20-4-3-10-24(2)14-19(20)18-12-17(22)7-8-21(18)25;;/h5-8,12-13H,3-4,9-11,14H2,1-2H3;2*1H. The van der Waals surface area contributed by atoms with Crippen LogP contribution in [0.5, 0.6) is 0 Å². The Hall–Kier alpha value is -1.62. The van der Waals surface area contributed by atoms with E-state index in [2.05, 4.69) is 33.6 Å². The Morgan fingerprint density at radius 2 is 1.96 bits per heavy atom. The summed E-state index contributed by atoms with van der Waals surface area (Å²) in [6, 6.07) is 9.44. The maximum absolute atomic E-state index is 13.9. The molecule has 1 aliphatic heterocycles. The number of benzene rings is 1. The Kier molecular flexibility index (Phi) is 7.26. The monoisotopic (exact) mass is 409 g/mol. The van der Waals surface area contributed by atoms with Crippen LogP contribution in [0.4, 0.5) is 4.39 Å². The molecule has 0 amide bonds. The molecule has 0 spiro atoms. The van der Waals surface area contributed by atoms with E-state index in [0.29, 0.717) is 0 Å². The lowest BCUT2D eigenvalue weighted by atomic mass is 10.1. The van der Waals surface area contributed by atoms with Gasteiger partial charge in [0, 0.05) is 41.6 Å². The largest absolute Gasteiger partial charge is 0.344 e. The number of pyridine rings is 1. The maximum Gasteiger partial charge on any atom is 0.123 e. The third kappa shape index (κ3) is 4.45. The zero-order valence-corrected chi connectivity index (χ0v) is 17.4. The average molecular weight is 410 g/mol. The van der Waals surface area contributed by atoms with E-state index in [1.807, 2.05) is 19.2 Å². The van der Waals surface area contributed by atoms with Crippen LogP contribution in [0.3, 0.4) is 0 Å². The lowest BCUT2D eigenvalue weighted by molar-refractivity contribution is 0.333. The molecule has 3 nitrogen and oxygen atoms in total. The van der Waals surface area contributed by atoms with Gasteiger partial charge in [0.2, 0.25) is 0 Å². The van der Waals surface area contributed by atoms with Crippen LogP contribution in [-0.4, -0.2) is 28.0 Å². The summed E-state index contributed by atoms with van der Waals surface area (Å²) >= 11 is 0. The first-order valence-electron chi connectivity index (χ1n) is 9.01. The van der Waals surface area contributed by atoms with Crippen molar-refractivity contribution in [2.24, 2.45) is 0 Å². The number of nitrogens with zero attached hydrogens (tertiary/aromatic N) is 3. The van der Waals surface area contributed by atoms with Crippen molar-refractivity contribution in [2.45, 2.75) is 39.3 Å². The first-order chi connectivity index (χ1) is 12.1. The first kappa shape index (κ1) is 21.7. The Balaban J connectivity index is 0.00000131. The van der Waals surface area contributed by atoms with Crippen molar-refractivity contribution < 1.29 is 4.39 Å². The van der Waals surface area contributed by atoms with Gasteiger partial charge in [0.1, 0.15) is 5.82 Å². The van der Waals surface area contributed by atoms with Crippen LogP contribution in [0.25, 0.3) is 10.9 Å². The predicted octanol–water partition coefficient (Wildman–Crippen LogP) is 4.95. The molecule has 0 unspecified atom stereocenters. The second kappa shape index (κ2) is 9.05. The molecule has 3 aromatic rings. The van der Waals surface area contributed by atoms with Gasteiger partial charge >= 0.3 is 0 Å². The molecule has 0 radical (unpaired) electrons. The molecule has 27 heavy (non-hydrogen) atoms. The molecule has 2 aromatic heterocycles. The zero-order valence-electron chi connectivity index (χ0n) is 15.7. The van der Waals surface area contributed by atoms with E-state index in [1.165, 1.54) is 16.8 Å². The summed E-state index contributed by atoms with van der Waals surface area (Å²) in [7, 11) is 2.15. The molecule has 4 rings (SSSR count). The lowest BCUT2D eigenvalue weighted by Gasteiger charge is -2.12. The summed E-state index contributed by atoms with van der Waals surface area (Å²) in [5, 5.41) is 1.07. The molecule has 0 bridgehead atoms. The van der Waals surface area contributed by atoms with Crippen molar-refractivity contribution in [1.82, 2.24) is 14.5 Å². The smallest absolute Gasteiger partial charge is 0.123 e. The van der Waals surface area contributed by atoms with Crippen molar-refractivity contribution in [3.8, 4) is 0 Å². The second-order valence-corrected chi connectivity index (χ2v) is 7.14. The van der Waals surface area contributed by atoms with Crippen LogP contribution < -0.4 is 0 Å². The minimum atomic E-state index is -0.151. The van der Waals surface area contributed by atoms with Gasteiger partial charge < -0.3 is 9.47 Å². The van der Waals surface area contributed by atoms with Crippen LogP contribution in [0.15, 0.2) is 36.5 Å². The average Bonchev–Trinajstić information content (AvgIpc) is 2.74. The van der Waals surface area contributed by atoms with Crippen LogP contribution >= 0.6 is 24.8 Å². The molecule has 0 saturated carbocycles. The van der Waals surface area contributed by atoms with Gasteiger partial charge in [-0.1, -0.05) is 6.07 Å². The van der Waals surface area contributed by atoms with Crippen molar-refractivity contribution in [2.75, 3.05) is 13.6 Å². The highest BCUT2D eigenvalue weighted by Gasteiger charge is 2.21. The Morgan fingerprint density at radius 3 is 2.70 bits per heavy atom. The van der Waals surface area contributed by atoms with Gasteiger partial charge in [-0.3, -0.25) is 4.98 Å². The number of hydrogen-bond acceptors (Lipinski definition) is 2. The topological polar surface area (TPSA) is 21.1 Å². The van der Waals surface area contributed by atoms with Crippen molar-refractivity contribution in [3.05, 3.63) is 64.9 Å². The molecule has 0 N–H and O–H groups in total. The minimum Gasteiger partial charge on any atom is -0.344 e. The summed E-state index contributed by atoms with van der Waals surface area (Å²) < 4.78 is 16.3. The summed E-state index contributed by atoms with van der Waals surface area (Å²) in [5.74, 6) is -0.151. The van der Waals surface area contributed by atoms with Crippen molar-refractivity contribution in [1.29, 1.82) is 0 Å². The molecule has 1 aliphatic rings. The number of fused-ring (bicyclic) bond motifs is 3. The molecule has 146 valence electrons. The van der Waals surface area contributed by atoms with E-state index in [9.17, 15) is 4.39 Å². The van der Waals surface area contributed by atoms with Crippen molar-refractivity contribution in [3.63, 3.8) is 0 Å². The predicted molar refractivity (Wildman–Crippen MR) is 114 cm³/mol. The summed E-state index contributed by atoms with van der Waals surface area (Å²) in [6.45, 7) is 4.90. The highest BCUT2D eigenvalue weighted by Crippen LogP contribution is 2.31. The van der Waals surface area contributed by atoms with Crippen LogP contribution in [0, 0.1) is 12.7 Å². The summed E-state index contributed by atoms with van der Waals surface area (Å²) in [6.07, 6.45) is 5.11. The second-order valence-electron chi connectivity index (χ2n) is 7.14. The molecule has 0 fully saturated rings. The fourth-order valence-electron chi connectivity index (χ4n) is 3.92. The SMILES string of the molecule is Cc1ccc(CCn2c3c(c4cc(F)ccc42)CN(C)CCC3)cn1.Cl.Cl. The number of hydrogen-bond donors (Lipinski definition) is 0. The van der Waals surface area contributed by atoms with Crippen molar-refractivity contribution >= 4 is 35.7 Å². The van der Waals surface area contributed by atoms with Gasteiger partial charge in [-0.25, -0.2) is 4.39 Å². The highest BCUT2D eigenvalue weighted by molar-refractivity contribution is 5.86. The minimum absolute atomic E-state index is 0. The van der Waals surface area contributed by atoms with E-state index >= 15 is 0 Å². The quantitative estimate of drug-likeness (QED) is 0.610. The molecular formula is C21H26Cl2FN3. The molecule has 1 aromatic carbocycles. The third-order valence-corrected chi connectivity index (χ3v) is 5.23. The van der Waals surface area contributed by atoms with Gasteiger partial charge in [0.25, 0.3) is 0 Å². The van der Waals surface area contributed by atoms with Crippen LogP contribution in [0.2, 0.25) is 0 Å². The Morgan fingerprint density at radius 1 is 1.15 bits per heavy atom. The Bertz CT molecular complexity index is 906. The maximum atomic E-state index is 13.9. The summed E-state index contributed by atoms with van der Waals surface area (Å²) in [4.78, 5) is 6.74. The van der Waals surface area contributed by atoms with E-state index in [4.69, 9.17) is 0 Å². The Labute approximate surface area is 172 Å². The number of aromatic nitrogens is 2. The fourth-order valence-corrected chi connectivity index (χ4v) is 3.92. The van der Waals surface area contributed by atoms with Gasteiger partial charge in [0.15, 0.2) is 0 Å². The van der Waals surface area contributed by atoms with Crippen LogP contribution in [-0.2, 0) is 25.9 Å². The van der Waals surface area contributed by atoms with Crippen LogP contribution in [0.1, 0.15) is 28.9 Å². The van der Waals surface area contributed by atoms with Gasteiger partial charge in [0.05, 0.1) is 0 Å². The van der Waals surface area contributed by atoms with E-state index in [-0.39, 0.29) is 30.6 Å². The fraction of sp³-hybridized carbons (Fsp3) is 0.381. The normalized spacial score (nSPS) is 14.2.